The lowest BCUT2D eigenvalue weighted by atomic mass is 10.1. The zero-order valence-electron chi connectivity index (χ0n) is 9.02. The Hall–Kier alpha value is -0.220. The summed E-state index contributed by atoms with van der Waals surface area (Å²) in [5, 5.41) is 8.73. The minimum atomic E-state index is -0.661. The van der Waals surface area contributed by atoms with Gasteiger partial charge in [-0.1, -0.05) is 0 Å². The van der Waals surface area contributed by atoms with E-state index in [1.165, 1.54) is 37.2 Å². The smallest absolute Gasteiger partial charge is 0.304 e. The normalized spacial score (nSPS) is 23.3. The number of rotatable bonds is 5. The van der Waals surface area contributed by atoms with E-state index in [0.29, 0.717) is 18.5 Å². The molecule has 1 heterocycles. The molecule has 86 valence electrons. The number of nitrogens with zero attached hydrogens (tertiary/aromatic N) is 1. The van der Waals surface area contributed by atoms with Crippen LogP contribution in [0.1, 0.15) is 32.1 Å². The maximum Gasteiger partial charge on any atom is 0.304 e. The maximum atomic E-state index is 10.6. The van der Waals surface area contributed by atoms with Crippen molar-refractivity contribution >= 4 is 17.7 Å². The second-order valence-corrected chi connectivity index (χ2v) is 5.68. The molecule has 0 unspecified atom stereocenters. The van der Waals surface area contributed by atoms with Crippen molar-refractivity contribution in [1.29, 1.82) is 0 Å². The molecule has 1 aliphatic heterocycles. The third kappa shape index (κ3) is 3.38. The topological polar surface area (TPSA) is 40.5 Å². The zero-order valence-corrected chi connectivity index (χ0v) is 9.84. The van der Waals surface area contributed by atoms with Crippen LogP contribution in [0, 0.1) is 0 Å². The molecule has 2 rings (SSSR count). The average Bonchev–Trinajstić information content (AvgIpc) is 3.03. The average molecular weight is 229 g/mol. The molecule has 1 saturated heterocycles. The Kier molecular flexibility index (Phi) is 3.92. The number of carbonyl (C=O) groups is 1. The van der Waals surface area contributed by atoms with E-state index in [1.54, 1.807) is 0 Å². The molecule has 3 nitrogen and oxygen atoms in total. The van der Waals surface area contributed by atoms with Gasteiger partial charge < -0.3 is 5.11 Å². The monoisotopic (exact) mass is 229 g/mol. The molecule has 0 spiro atoms. The lowest BCUT2D eigenvalue weighted by Crippen LogP contribution is -2.40. The minimum absolute atomic E-state index is 0.306. The highest BCUT2D eigenvalue weighted by Crippen LogP contribution is 2.33. The Morgan fingerprint density at radius 1 is 1.20 bits per heavy atom. The molecular formula is C11H19NO2S. The fourth-order valence-electron chi connectivity index (χ4n) is 2.31. The van der Waals surface area contributed by atoms with E-state index in [9.17, 15) is 4.79 Å². The van der Waals surface area contributed by atoms with Crippen molar-refractivity contribution in [2.24, 2.45) is 0 Å². The molecular weight excluding hydrogens is 210 g/mol. The van der Waals surface area contributed by atoms with Gasteiger partial charge >= 0.3 is 5.97 Å². The predicted molar refractivity (Wildman–Crippen MR) is 62.3 cm³/mol. The summed E-state index contributed by atoms with van der Waals surface area (Å²) >= 11 is 2.03. The van der Waals surface area contributed by atoms with E-state index in [1.807, 2.05) is 11.8 Å². The van der Waals surface area contributed by atoms with Gasteiger partial charge in [-0.25, -0.2) is 0 Å². The first-order valence-corrected chi connectivity index (χ1v) is 6.98. The van der Waals surface area contributed by atoms with Gasteiger partial charge in [0.25, 0.3) is 0 Å². The second-order valence-electron chi connectivity index (χ2n) is 4.46. The third-order valence-electron chi connectivity index (χ3n) is 3.26. The number of carboxylic acids is 1. The number of carboxylic acid groups (broad SMARTS) is 1. The minimum Gasteiger partial charge on any atom is -0.481 e. The Morgan fingerprint density at radius 3 is 2.33 bits per heavy atom. The Bertz CT molecular complexity index is 225. The van der Waals surface area contributed by atoms with Crippen molar-refractivity contribution in [3.05, 3.63) is 0 Å². The van der Waals surface area contributed by atoms with Crippen LogP contribution in [0.3, 0.4) is 0 Å². The van der Waals surface area contributed by atoms with Crippen LogP contribution in [0.5, 0.6) is 0 Å². The van der Waals surface area contributed by atoms with E-state index in [4.69, 9.17) is 5.11 Å². The Balaban J connectivity index is 1.83. The molecule has 4 heteroatoms. The van der Waals surface area contributed by atoms with Gasteiger partial charge in [-0.15, -0.1) is 0 Å². The molecule has 15 heavy (non-hydrogen) atoms. The number of aliphatic carboxylic acids is 1. The summed E-state index contributed by atoms with van der Waals surface area (Å²) in [7, 11) is 0. The van der Waals surface area contributed by atoms with Gasteiger partial charge in [0.2, 0.25) is 0 Å². The van der Waals surface area contributed by atoms with Crippen LogP contribution < -0.4 is 0 Å². The van der Waals surface area contributed by atoms with Crippen LogP contribution in [0.15, 0.2) is 0 Å². The second kappa shape index (κ2) is 5.21. The van der Waals surface area contributed by atoms with Gasteiger partial charge in [0.15, 0.2) is 0 Å². The van der Waals surface area contributed by atoms with Gasteiger partial charge in [-0.05, 0) is 37.2 Å². The molecule has 2 fully saturated rings. The van der Waals surface area contributed by atoms with Crippen LogP contribution >= 0.6 is 11.8 Å². The van der Waals surface area contributed by atoms with Crippen molar-refractivity contribution in [3.8, 4) is 0 Å². The SMILES string of the molecule is O=C(O)CCN(C1CCSCC1)C1CC1. The van der Waals surface area contributed by atoms with Crippen LogP contribution in [-0.2, 0) is 4.79 Å². The molecule has 1 N–H and O–H groups in total. The summed E-state index contributed by atoms with van der Waals surface area (Å²) in [6.07, 6.45) is 5.37. The van der Waals surface area contributed by atoms with Gasteiger partial charge in [-0.2, -0.15) is 11.8 Å². The first-order chi connectivity index (χ1) is 7.27. The Morgan fingerprint density at radius 2 is 1.80 bits per heavy atom. The number of thioether (sulfide) groups is 1. The van der Waals surface area contributed by atoms with E-state index in [-0.39, 0.29) is 0 Å². The highest BCUT2D eigenvalue weighted by molar-refractivity contribution is 7.99. The molecule has 1 saturated carbocycles. The molecule has 0 bridgehead atoms. The molecule has 0 radical (unpaired) electrons. The fraction of sp³-hybridized carbons (Fsp3) is 0.909. The largest absolute Gasteiger partial charge is 0.481 e. The fourth-order valence-corrected chi connectivity index (χ4v) is 3.39. The lowest BCUT2D eigenvalue weighted by molar-refractivity contribution is -0.137. The predicted octanol–water partition coefficient (Wildman–Crippen LogP) is 1.82. The molecule has 0 aromatic carbocycles. The molecule has 2 aliphatic rings. The molecule has 1 aliphatic carbocycles. The quantitative estimate of drug-likeness (QED) is 0.780. The summed E-state index contributed by atoms with van der Waals surface area (Å²) in [4.78, 5) is 13.1. The van der Waals surface area contributed by atoms with Gasteiger partial charge in [0, 0.05) is 18.6 Å². The van der Waals surface area contributed by atoms with Crippen LogP contribution in [-0.4, -0.2) is 46.1 Å². The summed E-state index contributed by atoms with van der Waals surface area (Å²) in [6, 6.07) is 1.37. The molecule has 0 aromatic rings. The summed E-state index contributed by atoms with van der Waals surface area (Å²) in [5.74, 6) is 1.84. The van der Waals surface area contributed by atoms with E-state index < -0.39 is 5.97 Å². The summed E-state index contributed by atoms with van der Waals surface area (Å²) < 4.78 is 0. The highest BCUT2D eigenvalue weighted by atomic mass is 32.2. The van der Waals surface area contributed by atoms with E-state index >= 15 is 0 Å². The van der Waals surface area contributed by atoms with E-state index in [2.05, 4.69) is 4.90 Å². The van der Waals surface area contributed by atoms with Gasteiger partial charge in [0.05, 0.1) is 6.42 Å². The van der Waals surface area contributed by atoms with Crippen molar-refractivity contribution < 1.29 is 9.90 Å². The van der Waals surface area contributed by atoms with Gasteiger partial charge in [0.1, 0.15) is 0 Å². The number of hydrogen-bond acceptors (Lipinski definition) is 3. The standard InChI is InChI=1S/C11H19NO2S/c13-11(14)3-6-12(9-1-2-9)10-4-7-15-8-5-10/h9-10H,1-8H2,(H,13,14). The van der Waals surface area contributed by atoms with Gasteiger partial charge in [-0.3, -0.25) is 9.69 Å². The zero-order chi connectivity index (χ0) is 10.7. The third-order valence-corrected chi connectivity index (χ3v) is 4.31. The van der Waals surface area contributed by atoms with Crippen LogP contribution in [0.25, 0.3) is 0 Å². The van der Waals surface area contributed by atoms with Crippen molar-refractivity contribution in [2.45, 2.75) is 44.2 Å². The molecule has 0 atom stereocenters. The van der Waals surface area contributed by atoms with Crippen molar-refractivity contribution in [2.75, 3.05) is 18.1 Å². The van der Waals surface area contributed by atoms with Crippen LogP contribution in [0.2, 0.25) is 0 Å². The first kappa shape index (κ1) is 11.3. The van der Waals surface area contributed by atoms with Crippen molar-refractivity contribution in [3.63, 3.8) is 0 Å². The Labute approximate surface area is 95.2 Å². The maximum absolute atomic E-state index is 10.6. The molecule has 0 amide bonds. The van der Waals surface area contributed by atoms with Crippen molar-refractivity contribution in [1.82, 2.24) is 4.90 Å². The molecule has 0 aromatic heterocycles. The lowest BCUT2D eigenvalue weighted by Gasteiger charge is -2.34. The number of hydrogen-bond donors (Lipinski definition) is 1. The first-order valence-electron chi connectivity index (χ1n) is 5.82. The van der Waals surface area contributed by atoms with Crippen LogP contribution in [0.4, 0.5) is 0 Å². The van der Waals surface area contributed by atoms with E-state index in [0.717, 1.165) is 6.54 Å². The highest BCUT2D eigenvalue weighted by Gasteiger charge is 2.34. The summed E-state index contributed by atoms with van der Waals surface area (Å²) in [5.41, 5.74) is 0. The summed E-state index contributed by atoms with van der Waals surface area (Å²) in [6.45, 7) is 0.759.